The summed E-state index contributed by atoms with van der Waals surface area (Å²) in [6, 6.07) is 7.23. The van der Waals surface area contributed by atoms with Crippen molar-refractivity contribution >= 4 is 17.6 Å². The Balaban J connectivity index is 1.97. The Hall–Kier alpha value is -2.63. The molecule has 126 valence electrons. The lowest BCUT2D eigenvalue weighted by Gasteiger charge is -2.22. The SMILES string of the molecule is Cc1nn(C)c(C)c1[C@H](C)C(=O)N1C[C@H](C(=O)O)c2ccccc21. The first-order valence-electron chi connectivity index (χ1n) is 7.96. The fourth-order valence-electron chi connectivity index (χ4n) is 3.60. The van der Waals surface area contributed by atoms with Crippen molar-refractivity contribution in [3.05, 3.63) is 46.8 Å². The Morgan fingerprint density at radius 3 is 2.54 bits per heavy atom. The minimum Gasteiger partial charge on any atom is -0.481 e. The second kappa shape index (κ2) is 5.78. The van der Waals surface area contributed by atoms with Crippen LogP contribution in [-0.2, 0) is 16.6 Å². The average molecular weight is 327 g/mol. The molecule has 1 amide bonds. The molecule has 1 aliphatic heterocycles. The molecule has 0 aliphatic carbocycles. The van der Waals surface area contributed by atoms with Crippen LogP contribution < -0.4 is 4.90 Å². The molecular weight excluding hydrogens is 306 g/mol. The molecular formula is C18H21N3O3. The summed E-state index contributed by atoms with van der Waals surface area (Å²) in [5.41, 5.74) is 4.10. The molecule has 0 unspecified atom stereocenters. The highest BCUT2D eigenvalue weighted by Crippen LogP contribution is 2.38. The summed E-state index contributed by atoms with van der Waals surface area (Å²) in [7, 11) is 1.86. The Morgan fingerprint density at radius 1 is 1.29 bits per heavy atom. The van der Waals surface area contributed by atoms with E-state index in [1.807, 2.05) is 46.0 Å². The lowest BCUT2D eigenvalue weighted by molar-refractivity contribution is -0.138. The van der Waals surface area contributed by atoms with Crippen molar-refractivity contribution in [3.8, 4) is 0 Å². The van der Waals surface area contributed by atoms with Gasteiger partial charge in [0.1, 0.15) is 5.92 Å². The van der Waals surface area contributed by atoms with E-state index < -0.39 is 11.9 Å². The molecule has 0 spiro atoms. The maximum Gasteiger partial charge on any atom is 0.312 e. The number of nitrogens with zero attached hydrogens (tertiary/aromatic N) is 3. The number of fused-ring (bicyclic) bond motifs is 1. The maximum absolute atomic E-state index is 13.1. The highest BCUT2D eigenvalue weighted by Gasteiger charge is 2.38. The molecule has 2 aromatic rings. The molecule has 6 nitrogen and oxygen atoms in total. The van der Waals surface area contributed by atoms with Crippen molar-refractivity contribution in [3.63, 3.8) is 0 Å². The molecule has 1 aliphatic rings. The summed E-state index contributed by atoms with van der Waals surface area (Å²) in [6.07, 6.45) is 0. The average Bonchev–Trinajstić information content (AvgIpc) is 3.04. The summed E-state index contributed by atoms with van der Waals surface area (Å²) in [5, 5.41) is 13.8. The van der Waals surface area contributed by atoms with Crippen molar-refractivity contribution < 1.29 is 14.7 Å². The number of aryl methyl sites for hydroxylation is 2. The van der Waals surface area contributed by atoms with Crippen molar-refractivity contribution in [2.45, 2.75) is 32.6 Å². The molecule has 0 fully saturated rings. The van der Waals surface area contributed by atoms with Gasteiger partial charge in [0.2, 0.25) is 5.91 Å². The smallest absolute Gasteiger partial charge is 0.312 e. The van der Waals surface area contributed by atoms with Gasteiger partial charge in [-0.25, -0.2) is 0 Å². The molecule has 0 saturated carbocycles. The number of carbonyl (C=O) groups is 2. The molecule has 1 aromatic carbocycles. The van der Waals surface area contributed by atoms with Gasteiger partial charge in [-0.1, -0.05) is 18.2 Å². The van der Waals surface area contributed by atoms with E-state index in [0.29, 0.717) is 11.3 Å². The van der Waals surface area contributed by atoms with Crippen LogP contribution in [0.1, 0.15) is 41.3 Å². The number of anilines is 1. The van der Waals surface area contributed by atoms with E-state index in [-0.39, 0.29) is 18.4 Å². The lowest BCUT2D eigenvalue weighted by Crippen LogP contribution is -2.34. The zero-order valence-corrected chi connectivity index (χ0v) is 14.3. The van der Waals surface area contributed by atoms with Crippen LogP contribution in [-0.4, -0.2) is 33.3 Å². The number of rotatable bonds is 3. The quantitative estimate of drug-likeness (QED) is 0.939. The number of amides is 1. The van der Waals surface area contributed by atoms with Crippen LogP contribution in [0.2, 0.25) is 0 Å². The number of hydrogen-bond acceptors (Lipinski definition) is 3. The van der Waals surface area contributed by atoms with Gasteiger partial charge in [0.25, 0.3) is 0 Å². The largest absolute Gasteiger partial charge is 0.481 e. The number of aliphatic carboxylic acids is 1. The van der Waals surface area contributed by atoms with Gasteiger partial charge in [-0.05, 0) is 32.4 Å². The highest BCUT2D eigenvalue weighted by molar-refractivity contribution is 6.02. The molecule has 0 radical (unpaired) electrons. The van der Waals surface area contributed by atoms with Crippen molar-refractivity contribution in [2.75, 3.05) is 11.4 Å². The third-order valence-corrected chi connectivity index (χ3v) is 4.90. The number of benzene rings is 1. The molecule has 24 heavy (non-hydrogen) atoms. The van der Waals surface area contributed by atoms with E-state index in [4.69, 9.17) is 0 Å². The molecule has 0 saturated heterocycles. The van der Waals surface area contributed by atoms with Crippen LogP contribution in [0.4, 0.5) is 5.69 Å². The Bertz CT molecular complexity index is 825. The number of para-hydroxylation sites is 1. The van der Waals surface area contributed by atoms with E-state index in [9.17, 15) is 14.7 Å². The van der Waals surface area contributed by atoms with Gasteiger partial charge in [-0.3, -0.25) is 14.3 Å². The van der Waals surface area contributed by atoms with Gasteiger partial charge in [-0.2, -0.15) is 5.10 Å². The molecule has 1 aromatic heterocycles. The summed E-state index contributed by atoms with van der Waals surface area (Å²) in [6.45, 7) is 5.87. The van der Waals surface area contributed by atoms with E-state index in [1.54, 1.807) is 15.6 Å². The number of aromatic nitrogens is 2. The molecule has 2 atom stereocenters. The Kier molecular flexibility index (Phi) is 3.91. The van der Waals surface area contributed by atoms with E-state index in [1.165, 1.54) is 0 Å². The number of carboxylic acid groups (broad SMARTS) is 1. The number of carbonyl (C=O) groups excluding carboxylic acids is 1. The van der Waals surface area contributed by atoms with E-state index >= 15 is 0 Å². The normalized spacial score (nSPS) is 17.7. The van der Waals surface area contributed by atoms with Gasteiger partial charge < -0.3 is 10.0 Å². The van der Waals surface area contributed by atoms with Crippen LogP contribution in [0.5, 0.6) is 0 Å². The molecule has 2 heterocycles. The number of carboxylic acids is 1. The summed E-state index contributed by atoms with van der Waals surface area (Å²) < 4.78 is 1.77. The lowest BCUT2D eigenvalue weighted by atomic mass is 9.97. The van der Waals surface area contributed by atoms with Gasteiger partial charge in [0.05, 0.1) is 11.6 Å². The van der Waals surface area contributed by atoms with Gasteiger partial charge in [-0.15, -0.1) is 0 Å². The first kappa shape index (κ1) is 16.2. The number of hydrogen-bond donors (Lipinski definition) is 1. The Labute approximate surface area is 140 Å². The summed E-state index contributed by atoms with van der Waals surface area (Å²) >= 11 is 0. The standard InChI is InChI=1S/C18H21N3O3/c1-10(16-11(2)19-20(4)12(16)3)17(22)21-9-14(18(23)24)13-7-5-6-8-15(13)21/h5-8,10,14H,9H2,1-4H3,(H,23,24)/t10-,14-/m0/s1. The zero-order valence-electron chi connectivity index (χ0n) is 14.3. The van der Waals surface area contributed by atoms with Crippen LogP contribution in [0.25, 0.3) is 0 Å². The minimum atomic E-state index is -0.904. The second-order valence-corrected chi connectivity index (χ2v) is 6.33. The monoisotopic (exact) mass is 327 g/mol. The van der Waals surface area contributed by atoms with Crippen LogP contribution in [0, 0.1) is 13.8 Å². The third-order valence-electron chi connectivity index (χ3n) is 4.90. The predicted molar refractivity (Wildman–Crippen MR) is 90.3 cm³/mol. The molecule has 0 bridgehead atoms. The molecule has 6 heteroatoms. The molecule has 3 rings (SSSR count). The van der Waals surface area contributed by atoms with Crippen molar-refractivity contribution in [1.82, 2.24) is 9.78 Å². The zero-order chi connectivity index (χ0) is 17.6. The summed E-state index contributed by atoms with van der Waals surface area (Å²) in [5.74, 6) is -2.04. The van der Waals surface area contributed by atoms with Crippen LogP contribution in [0.3, 0.4) is 0 Å². The van der Waals surface area contributed by atoms with Gasteiger partial charge in [0.15, 0.2) is 0 Å². The first-order valence-corrected chi connectivity index (χ1v) is 7.96. The minimum absolute atomic E-state index is 0.0922. The maximum atomic E-state index is 13.1. The van der Waals surface area contributed by atoms with Crippen molar-refractivity contribution in [2.24, 2.45) is 7.05 Å². The van der Waals surface area contributed by atoms with Gasteiger partial charge >= 0.3 is 5.97 Å². The third kappa shape index (κ3) is 2.38. The van der Waals surface area contributed by atoms with E-state index in [0.717, 1.165) is 17.0 Å². The van der Waals surface area contributed by atoms with E-state index in [2.05, 4.69) is 5.10 Å². The van der Waals surface area contributed by atoms with Gasteiger partial charge in [0, 0.05) is 30.5 Å². The van der Waals surface area contributed by atoms with Crippen LogP contribution in [0.15, 0.2) is 24.3 Å². The second-order valence-electron chi connectivity index (χ2n) is 6.33. The predicted octanol–water partition coefficient (Wildman–Crippen LogP) is 2.36. The fraction of sp³-hybridized carbons (Fsp3) is 0.389. The van der Waals surface area contributed by atoms with Crippen LogP contribution >= 0.6 is 0 Å². The Morgan fingerprint density at radius 2 is 1.96 bits per heavy atom. The van der Waals surface area contributed by atoms with Crippen molar-refractivity contribution in [1.29, 1.82) is 0 Å². The topological polar surface area (TPSA) is 75.4 Å². The molecule has 1 N–H and O–H groups in total. The fourth-order valence-corrected chi connectivity index (χ4v) is 3.60. The first-order chi connectivity index (χ1) is 11.3. The summed E-state index contributed by atoms with van der Waals surface area (Å²) in [4.78, 5) is 26.2. The highest BCUT2D eigenvalue weighted by atomic mass is 16.4.